The van der Waals surface area contributed by atoms with E-state index in [1.165, 1.54) is 6.07 Å². The van der Waals surface area contributed by atoms with Gasteiger partial charge in [0.1, 0.15) is 12.2 Å². The molecule has 180 valence electrons. The van der Waals surface area contributed by atoms with Crippen LogP contribution in [-0.2, 0) is 22.6 Å². The molecule has 7 nitrogen and oxygen atoms in total. The highest BCUT2D eigenvalue weighted by atomic mass is 19.3. The van der Waals surface area contributed by atoms with Gasteiger partial charge in [-0.25, -0.2) is 4.98 Å². The third kappa shape index (κ3) is 4.83. The molecule has 33 heavy (non-hydrogen) atoms. The lowest BCUT2D eigenvalue weighted by atomic mass is 9.84. The maximum atomic E-state index is 13.5. The van der Waals surface area contributed by atoms with E-state index in [1.807, 2.05) is 6.92 Å². The minimum atomic E-state index is -2.99. The van der Waals surface area contributed by atoms with E-state index in [-0.39, 0.29) is 29.5 Å². The SMILES string of the molecule is Cc1cnc(CC(=O)N[C@H]2CC[C@H](CCN3CC4C[C@]4(c4cc(C(C)(F)F)on4)C3)CC2)o1. The van der Waals surface area contributed by atoms with Gasteiger partial charge < -0.3 is 19.2 Å². The molecule has 1 aliphatic heterocycles. The van der Waals surface area contributed by atoms with Crippen molar-refractivity contribution in [3.8, 4) is 0 Å². The third-order valence-corrected chi connectivity index (χ3v) is 7.72. The van der Waals surface area contributed by atoms with Crippen LogP contribution in [0.15, 0.2) is 21.2 Å². The van der Waals surface area contributed by atoms with E-state index in [0.29, 0.717) is 29.2 Å². The Morgan fingerprint density at radius 3 is 2.79 bits per heavy atom. The molecule has 5 rings (SSSR count). The fraction of sp³-hybridized carbons (Fsp3) is 0.708. The van der Waals surface area contributed by atoms with Crippen molar-refractivity contribution in [3.63, 3.8) is 0 Å². The zero-order valence-corrected chi connectivity index (χ0v) is 19.3. The monoisotopic (exact) mass is 462 g/mol. The van der Waals surface area contributed by atoms with Gasteiger partial charge in [-0.2, -0.15) is 8.78 Å². The van der Waals surface area contributed by atoms with Crippen molar-refractivity contribution < 1.29 is 22.5 Å². The predicted octanol–water partition coefficient (Wildman–Crippen LogP) is 3.96. The molecule has 9 heteroatoms. The number of nitrogens with zero attached hydrogens (tertiary/aromatic N) is 3. The van der Waals surface area contributed by atoms with Gasteiger partial charge in [-0.05, 0) is 63.8 Å². The number of hydrogen-bond acceptors (Lipinski definition) is 6. The molecular weight excluding hydrogens is 430 g/mol. The van der Waals surface area contributed by atoms with Crippen LogP contribution in [-0.4, -0.2) is 46.6 Å². The molecule has 2 atom stereocenters. The van der Waals surface area contributed by atoms with E-state index in [1.54, 1.807) is 6.20 Å². The van der Waals surface area contributed by atoms with Gasteiger partial charge in [-0.1, -0.05) is 5.16 Å². The number of oxazole rings is 1. The Balaban J connectivity index is 1.03. The maximum Gasteiger partial charge on any atom is 0.304 e. The average Bonchev–Trinajstić information content (AvgIpc) is 3.18. The van der Waals surface area contributed by atoms with E-state index >= 15 is 0 Å². The van der Waals surface area contributed by atoms with Crippen molar-refractivity contribution in [2.45, 2.75) is 76.2 Å². The van der Waals surface area contributed by atoms with E-state index in [0.717, 1.165) is 65.1 Å². The minimum Gasteiger partial charge on any atom is -0.445 e. The van der Waals surface area contributed by atoms with Gasteiger partial charge in [-0.3, -0.25) is 4.79 Å². The smallest absolute Gasteiger partial charge is 0.304 e. The molecule has 2 aromatic rings. The van der Waals surface area contributed by atoms with Crippen molar-refractivity contribution in [2.75, 3.05) is 19.6 Å². The number of likely N-dealkylation sites (tertiary alicyclic amines) is 1. The number of piperidine rings is 1. The summed E-state index contributed by atoms with van der Waals surface area (Å²) in [5.74, 6) is -1.01. The van der Waals surface area contributed by atoms with Crippen molar-refractivity contribution in [3.05, 3.63) is 35.4 Å². The largest absolute Gasteiger partial charge is 0.445 e. The Bertz CT molecular complexity index is 992. The molecule has 0 bridgehead atoms. The van der Waals surface area contributed by atoms with E-state index in [2.05, 4.69) is 20.4 Å². The molecule has 0 aromatic carbocycles. The van der Waals surface area contributed by atoms with E-state index in [4.69, 9.17) is 8.94 Å². The summed E-state index contributed by atoms with van der Waals surface area (Å²) in [6.45, 7) is 5.58. The number of aryl methyl sites for hydroxylation is 1. The van der Waals surface area contributed by atoms with Gasteiger partial charge in [0.15, 0.2) is 0 Å². The fourth-order valence-electron chi connectivity index (χ4n) is 5.73. The summed E-state index contributed by atoms with van der Waals surface area (Å²) >= 11 is 0. The Kier molecular flexibility index (Phi) is 5.79. The van der Waals surface area contributed by atoms with E-state index < -0.39 is 5.92 Å². The quantitative estimate of drug-likeness (QED) is 0.639. The number of alkyl halides is 2. The molecule has 1 saturated heterocycles. The number of rotatable bonds is 8. The van der Waals surface area contributed by atoms with Crippen molar-refractivity contribution in [1.29, 1.82) is 0 Å². The summed E-state index contributed by atoms with van der Waals surface area (Å²) in [6, 6.07) is 1.69. The minimum absolute atomic E-state index is 0.0289. The number of carbonyl (C=O) groups is 1. The van der Waals surface area contributed by atoms with Crippen LogP contribution in [0.5, 0.6) is 0 Å². The lowest BCUT2D eigenvalue weighted by Gasteiger charge is -2.30. The molecule has 1 amide bonds. The Morgan fingerprint density at radius 1 is 1.33 bits per heavy atom. The van der Waals surface area contributed by atoms with Gasteiger partial charge in [0.2, 0.25) is 17.6 Å². The summed E-state index contributed by atoms with van der Waals surface area (Å²) in [4.78, 5) is 18.8. The summed E-state index contributed by atoms with van der Waals surface area (Å²) in [5, 5.41) is 7.12. The van der Waals surface area contributed by atoms with Crippen molar-refractivity contribution in [1.82, 2.24) is 20.4 Å². The Morgan fingerprint density at radius 2 is 2.12 bits per heavy atom. The first-order valence-corrected chi connectivity index (χ1v) is 12.0. The zero-order valence-electron chi connectivity index (χ0n) is 19.3. The standard InChI is InChI=1S/C24H32F2N4O3/c1-15-12-27-22(32-15)10-21(31)28-18-5-3-16(4-6-18)7-8-30-13-17-11-24(17,14-30)19-9-20(33-29-19)23(2,25)26/h9,12,16-18H,3-8,10-11,13-14H2,1-2H3,(H,28,31)/t16-,17?,18-,24-/m0/s1. The topological polar surface area (TPSA) is 84.4 Å². The van der Waals surface area contributed by atoms with Crippen LogP contribution in [0, 0.1) is 18.8 Å². The van der Waals surface area contributed by atoms with Crippen LogP contribution in [0.4, 0.5) is 8.78 Å². The molecule has 3 fully saturated rings. The highest BCUT2D eigenvalue weighted by Gasteiger charge is 2.62. The lowest BCUT2D eigenvalue weighted by molar-refractivity contribution is -0.121. The van der Waals surface area contributed by atoms with Crippen LogP contribution in [0.1, 0.15) is 68.6 Å². The van der Waals surface area contributed by atoms with Gasteiger partial charge >= 0.3 is 5.92 Å². The average molecular weight is 463 g/mol. The first-order valence-electron chi connectivity index (χ1n) is 12.0. The first-order chi connectivity index (χ1) is 15.7. The molecule has 2 aromatic heterocycles. The molecule has 1 N–H and O–H groups in total. The lowest BCUT2D eigenvalue weighted by Crippen LogP contribution is -2.39. The highest BCUT2D eigenvalue weighted by molar-refractivity contribution is 5.77. The predicted molar refractivity (Wildman–Crippen MR) is 116 cm³/mol. The molecule has 3 aliphatic rings. The normalized spacial score (nSPS) is 29.8. The number of amides is 1. The summed E-state index contributed by atoms with van der Waals surface area (Å²) < 4.78 is 37.4. The number of carbonyl (C=O) groups excluding carboxylic acids is 1. The first kappa shape index (κ1) is 22.5. The van der Waals surface area contributed by atoms with Crippen molar-refractivity contribution >= 4 is 5.91 Å². The molecule has 0 spiro atoms. The van der Waals surface area contributed by atoms with Gasteiger partial charge in [0.05, 0.1) is 11.9 Å². The third-order valence-electron chi connectivity index (χ3n) is 7.72. The number of fused-ring (bicyclic) bond motifs is 1. The fourth-order valence-corrected chi connectivity index (χ4v) is 5.73. The summed E-state index contributed by atoms with van der Waals surface area (Å²) in [7, 11) is 0. The van der Waals surface area contributed by atoms with Crippen LogP contribution < -0.4 is 5.32 Å². The second kappa shape index (κ2) is 8.49. The summed E-state index contributed by atoms with van der Waals surface area (Å²) in [6.07, 6.45) is 8.20. The number of halogens is 2. The zero-order chi connectivity index (χ0) is 23.2. The van der Waals surface area contributed by atoms with Crippen LogP contribution in [0.3, 0.4) is 0 Å². The number of nitrogens with one attached hydrogen (secondary N) is 1. The number of aromatic nitrogens is 2. The Labute approximate surface area is 192 Å². The second-order valence-corrected chi connectivity index (χ2v) is 10.4. The maximum absolute atomic E-state index is 13.5. The molecule has 3 heterocycles. The molecule has 0 radical (unpaired) electrons. The molecular formula is C24H32F2N4O3. The van der Waals surface area contributed by atoms with Crippen LogP contribution in [0.2, 0.25) is 0 Å². The molecule has 1 unspecified atom stereocenters. The van der Waals surface area contributed by atoms with Crippen LogP contribution >= 0.6 is 0 Å². The molecule has 2 aliphatic carbocycles. The van der Waals surface area contributed by atoms with Crippen LogP contribution in [0.25, 0.3) is 0 Å². The van der Waals surface area contributed by atoms with E-state index in [9.17, 15) is 13.6 Å². The van der Waals surface area contributed by atoms with Gasteiger partial charge in [0.25, 0.3) is 0 Å². The molecule has 2 saturated carbocycles. The second-order valence-electron chi connectivity index (χ2n) is 10.4. The highest BCUT2D eigenvalue weighted by Crippen LogP contribution is 2.59. The van der Waals surface area contributed by atoms with Gasteiger partial charge in [-0.15, -0.1) is 0 Å². The Hall–Kier alpha value is -2.29. The van der Waals surface area contributed by atoms with Crippen molar-refractivity contribution in [2.24, 2.45) is 11.8 Å². The van der Waals surface area contributed by atoms with Gasteiger partial charge in [0, 0.05) is 37.5 Å². The number of hydrogen-bond donors (Lipinski definition) is 1. The summed E-state index contributed by atoms with van der Waals surface area (Å²) in [5.41, 5.74) is 0.610.